The molecular weight excluding hydrogens is 436 g/mol. The molecule has 0 spiro atoms. The van der Waals surface area contributed by atoms with E-state index in [4.69, 9.17) is 22.0 Å². The molecule has 3 rings (SSSR count). The van der Waals surface area contributed by atoms with E-state index in [9.17, 15) is 4.79 Å². The molecule has 9 heteroatoms. The molecule has 8 N–H and O–H groups in total. The number of aliphatic hydroxyl groups excluding tert-OH is 1. The Balaban J connectivity index is 0.00000187. The fraction of sp³-hybridized carbons (Fsp3) is 0.375. The average molecular weight is 471 g/mol. The van der Waals surface area contributed by atoms with Crippen LogP contribution >= 0.6 is 11.9 Å². The monoisotopic (exact) mass is 470 g/mol. The summed E-state index contributed by atoms with van der Waals surface area (Å²) in [7, 11) is 1.00. The van der Waals surface area contributed by atoms with E-state index in [1.807, 2.05) is 55.5 Å². The van der Waals surface area contributed by atoms with Crippen molar-refractivity contribution in [3.05, 3.63) is 54.1 Å². The normalized spacial score (nSPS) is 14.7. The molecule has 0 saturated heterocycles. The van der Waals surface area contributed by atoms with Crippen LogP contribution in [0.5, 0.6) is 0 Å². The molecule has 1 atom stereocenters. The molecule has 0 aliphatic heterocycles. The van der Waals surface area contributed by atoms with Gasteiger partial charge in [0.05, 0.1) is 0 Å². The molecule has 0 heterocycles. The maximum Gasteiger partial charge on any atom is 0.230 e. The first kappa shape index (κ1) is 26.5. The van der Waals surface area contributed by atoms with Crippen LogP contribution in [0, 0.1) is 10.8 Å². The fourth-order valence-corrected chi connectivity index (χ4v) is 3.55. The number of rotatable bonds is 10. The summed E-state index contributed by atoms with van der Waals surface area (Å²) in [6.07, 6.45) is 5.09. The Morgan fingerprint density at radius 3 is 2.64 bits per heavy atom. The molecule has 1 saturated carbocycles. The number of hydrogen-bond acceptors (Lipinski definition) is 7. The molecule has 1 aliphatic carbocycles. The minimum absolute atomic E-state index is 0.0758. The first-order chi connectivity index (χ1) is 15.9. The van der Waals surface area contributed by atoms with Crippen LogP contribution in [0.25, 0.3) is 0 Å². The van der Waals surface area contributed by atoms with Crippen molar-refractivity contribution in [1.29, 1.82) is 5.41 Å². The average Bonchev–Trinajstić information content (AvgIpc) is 3.60. The van der Waals surface area contributed by atoms with E-state index in [1.165, 1.54) is 11.9 Å². The predicted octanol–water partition coefficient (Wildman–Crippen LogP) is 3.62. The van der Waals surface area contributed by atoms with Gasteiger partial charge in [0.25, 0.3) is 0 Å². The van der Waals surface area contributed by atoms with Gasteiger partial charge in [-0.2, -0.15) is 0 Å². The van der Waals surface area contributed by atoms with Gasteiger partial charge in [-0.15, -0.1) is 0 Å². The Bertz CT molecular complexity index is 961. The third-order valence-electron chi connectivity index (χ3n) is 5.20. The number of nitrogens with two attached hydrogens (primary N) is 2. The van der Waals surface area contributed by atoms with E-state index < -0.39 is 0 Å². The van der Waals surface area contributed by atoms with Gasteiger partial charge in [-0.3, -0.25) is 10.2 Å². The molecule has 33 heavy (non-hydrogen) atoms. The fourth-order valence-electron chi connectivity index (χ4n) is 2.85. The smallest absolute Gasteiger partial charge is 0.230 e. The number of anilines is 2. The van der Waals surface area contributed by atoms with Gasteiger partial charge < -0.3 is 26.6 Å². The van der Waals surface area contributed by atoms with Gasteiger partial charge in [-0.25, -0.2) is 4.99 Å². The number of carbonyl (C=O) groups excluding carboxylic acids is 1. The highest BCUT2D eigenvalue weighted by Crippen LogP contribution is 2.45. The second-order valence-electron chi connectivity index (χ2n) is 8.05. The first-order valence-electron chi connectivity index (χ1n) is 10.9. The van der Waals surface area contributed by atoms with Crippen molar-refractivity contribution >= 4 is 41.3 Å². The minimum Gasteiger partial charge on any atom is -0.400 e. The second-order valence-corrected chi connectivity index (χ2v) is 8.93. The lowest BCUT2D eigenvalue weighted by atomic mass is 10.1. The van der Waals surface area contributed by atoms with E-state index in [0.717, 1.165) is 49.1 Å². The topological polar surface area (TPSA) is 150 Å². The zero-order valence-corrected chi connectivity index (χ0v) is 20.0. The highest BCUT2D eigenvalue weighted by atomic mass is 32.2. The molecule has 1 aliphatic rings. The summed E-state index contributed by atoms with van der Waals surface area (Å²) in [4.78, 5) is 17.4. The first-order valence-corrected chi connectivity index (χ1v) is 11.7. The van der Waals surface area contributed by atoms with Gasteiger partial charge in [-0.1, -0.05) is 25.1 Å². The lowest BCUT2D eigenvalue weighted by molar-refractivity contribution is -0.120. The van der Waals surface area contributed by atoms with E-state index in [0.29, 0.717) is 12.1 Å². The van der Waals surface area contributed by atoms with Crippen LogP contribution in [0.1, 0.15) is 38.2 Å². The standard InChI is InChI=1S/C23H30N6OS.CH4O/c1-23(10-11-23)22(30)28-18-7-3-8-19(14-18)29-31-20-9-2-5-16(13-20)21(26)27-15-17(25)6-4-12-24;1-2/h2-3,5,7-9,13-15,17,26,29H,4,6,10-12,24-25H2,1H3,(H,28,30);2H,1H3. The Labute approximate surface area is 199 Å². The zero-order valence-electron chi connectivity index (χ0n) is 19.2. The van der Waals surface area contributed by atoms with Crippen molar-refractivity contribution in [2.75, 3.05) is 23.7 Å². The van der Waals surface area contributed by atoms with Gasteiger partial charge in [0.1, 0.15) is 0 Å². The van der Waals surface area contributed by atoms with Crippen molar-refractivity contribution in [2.45, 2.75) is 43.5 Å². The van der Waals surface area contributed by atoms with Crippen molar-refractivity contribution in [3.8, 4) is 0 Å². The van der Waals surface area contributed by atoms with Gasteiger partial charge in [0.15, 0.2) is 5.84 Å². The third kappa shape index (κ3) is 8.62. The molecule has 8 nitrogen and oxygen atoms in total. The third-order valence-corrected chi connectivity index (χ3v) is 6.03. The molecule has 0 radical (unpaired) electrons. The van der Waals surface area contributed by atoms with Crippen molar-refractivity contribution in [3.63, 3.8) is 0 Å². The molecule has 1 fully saturated rings. The number of benzene rings is 2. The highest BCUT2D eigenvalue weighted by molar-refractivity contribution is 8.00. The number of hydrogen-bond donors (Lipinski definition) is 6. The maximum absolute atomic E-state index is 12.3. The van der Waals surface area contributed by atoms with Crippen molar-refractivity contribution in [2.24, 2.45) is 21.9 Å². The van der Waals surface area contributed by atoms with Crippen LogP contribution in [0.2, 0.25) is 0 Å². The Hall–Kier alpha value is -2.72. The lowest BCUT2D eigenvalue weighted by Crippen LogP contribution is -2.23. The van der Waals surface area contributed by atoms with E-state index in [-0.39, 0.29) is 23.2 Å². The number of aliphatic imine (C=N–C) groups is 1. The molecule has 0 aromatic heterocycles. The molecule has 1 amide bonds. The van der Waals surface area contributed by atoms with E-state index >= 15 is 0 Å². The van der Waals surface area contributed by atoms with Crippen LogP contribution in [0.3, 0.4) is 0 Å². The Morgan fingerprint density at radius 1 is 1.24 bits per heavy atom. The van der Waals surface area contributed by atoms with Crippen molar-refractivity contribution < 1.29 is 9.90 Å². The largest absolute Gasteiger partial charge is 0.400 e. The Morgan fingerprint density at radius 2 is 1.94 bits per heavy atom. The molecule has 0 bridgehead atoms. The molecule has 2 aromatic rings. The summed E-state index contributed by atoms with van der Waals surface area (Å²) in [5.74, 6) is 0.246. The predicted molar refractivity (Wildman–Crippen MR) is 138 cm³/mol. The Kier molecular flexibility index (Phi) is 10.5. The van der Waals surface area contributed by atoms with E-state index in [2.05, 4.69) is 15.0 Å². The summed E-state index contributed by atoms with van der Waals surface area (Å²) < 4.78 is 3.29. The summed E-state index contributed by atoms with van der Waals surface area (Å²) in [6.45, 7) is 2.59. The SMILES string of the molecule is CC1(C(=O)Nc2cccc(NSc3cccc(C(=N)N=CC(N)CCCN)c3)c2)CC1.CO. The zero-order chi connectivity index (χ0) is 24.3. The number of carbonyl (C=O) groups is 1. The van der Waals surface area contributed by atoms with Gasteiger partial charge in [0, 0.05) is 46.6 Å². The maximum atomic E-state index is 12.3. The summed E-state index contributed by atoms with van der Waals surface area (Å²) in [5.41, 5.74) is 13.6. The van der Waals surface area contributed by atoms with E-state index in [1.54, 1.807) is 6.21 Å². The van der Waals surface area contributed by atoms with Gasteiger partial charge in [0.2, 0.25) is 5.91 Å². The van der Waals surface area contributed by atoms with Crippen LogP contribution < -0.4 is 21.5 Å². The van der Waals surface area contributed by atoms with Gasteiger partial charge in [-0.05, 0) is 74.5 Å². The number of amides is 1. The van der Waals surface area contributed by atoms with Crippen LogP contribution in [0.15, 0.2) is 58.4 Å². The van der Waals surface area contributed by atoms with Crippen LogP contribution in [0.4, 0.5) is 11.4 Å². The summed E-state index contributed by atoms with van der Waals surface area (Å²) in [5, 5.41) is 18.2. The lowest BCUT2D eigenvalue weighted by Gasteiger charge is -2.12. The van der Waals surface area contributed by atoms with Crippen LogP contribution in [-0.4, -0.2) is 42.8 Å². The van der Waals surface area contributed by atoms with Gasteiger partial charge >= 0.3 is 0 Å². The molecule has 178 valence electrons. The molecular formula is C24H34N6O2S. The second kappa shape index (κ2) is 13.1. The van der Waals surface area contributed by atoms with Crippen LogP contribution in [-0.2, 0) is 4.79 Å². The van der Waals surface area contributed by atoms with Crippen molar-refractivity contribution in [1.82, 2.24) is 0 Å². The highest BCUT2D eigenvalue weighted by Gasteiger charge is 2.44. The molecule has 2 aromatic carbocycles. The number of nitrogens with zero attached hydrogens (tertiary/aromatic N) is 1. The number of amidine groups is 1. The minimum atomic E-state index is -0.208. The summed E-state index contributed by atoms with van der Waals surface area (Å²) in [6, 6.07) is 15.1. The quantitative estimate of drug-likeness (QED) is 0.177. The summed E-state index contributed by atoms with van der Waals surface area (Å²) >= 11 is 1.44. The molecule has 1 unspecified atom stereocenters. The number of nitrogens with one attached hydrogen (secondary N) is 3. The number of aliphatic hydroxyl groups is 1.